The third-order valence-corrected chi connectivity index (χ3v) is 4.44. The summed E-state index contributed by atoms with van der Waals surface area (Å²) in [5.74, 6) is -0.726. The topological polar surface area (TPSA) is 58.2 Å². The smallest absolute Gasteiger partial charge is 0.243 e. The molecule has 1 atom stereocenters. The van der Waals surface area contributed by atoms with Crippen molar-refractivity contribution in [3.05, 3.63) is 29.6 Å². The molecule has 0 aliphatic heterocycles. The number of benzene rings is 1. The van der Waals surface area contributed by atoms with Gasteiger partial charge in [0.05, 0.1) is 0 Å². The summed E-state index contributed by atoms with van der Waals surface area (Å²) in [6.07, 6.45) is 0.651. The van der Waals surface area contributed by atoms with Gasteiger partial charge < -0.3 is 5.32 Å². The highest BCUT2D eigenvalue weighted by Gasteiger charge is 2.21. The molecule has 0 saturated carbocycles. The summed E-state index contributed by atoms with van der Waals surface area (Å²) in [5.41, 5.74) is 0.743. The van der Waals surface area contributed by atoms with Crippen LogP contribution in [0.3, 0.4) is 0 Å². The number of rotatable bonds is 7. The highest BCUT2D eigenvalue weighted by molar-refractivity contribution is 7.89. The lowest BCUT2D eigenvalue weighted by atomic mass is 10.2. The minimum atomic E-state index is -3.80. The molecular weight excluding hydrogens is 267 g/mol. The number of sulfonamides is 1. The predicted octanol–water partition coefficient (Wildman–Crippen LogP) is 2.01. The van der Waals surface area contributed by atoms with Crippen LogP contribution in [0.4, 0.5) is 4.39 Å². The van der Waals surface area contributed by atoms with Gasteiger partial charge >= 0.3 is 0 Å². The molecule has 0 spiro atoms. The van der Waals surface area contributed by atoms with Crippen molar-refractivity contribution in [1.29, 1.82) is 0 Å². The van der Waals surface area contributed by atoms with Crippen LogP contribution in [-0.4, -0.2) is 21.0 Å². The molecule has 0 radical (unpaired) electrons. The van der Waals surface area contributed by atoms with Crippen molar-refractivity contribution in [2.45, 2.75) is 44.7 Å². The first-order valence-electron chi connectivity index (χ1n) is 6.42. The average Bonchev–Trinajstić information content (AvgIpc) is 2.37. The molecule has 19 heavy (non-hydrogen) atoms. The van der Waals surface area contributed by atoms with Gasteiger partial charge in [-0.1, -0.05) is 19.9 Å². The molecule has 0 bridgehead atoms. The van der Waals surface area contributed by atoms with E-state index in [1.54, 1.807) is 13.0 Å². The molecule has 0 aromatic heterocycles. The predicted molar refractivity (Wildman–Crippen MR) is 73.9 cm³/mol. The van der Waals surface area contributed by atoms with Crippen molar-refractivity contribution >= 4 is 10.0 Å². The Balaban J connectivity index is 3.04. The van der Waals surface area contributed by atoms with E-state index < -0.39 is 15.8 Å². The number of halogens is 1. The molecule has 6 heteroatoms. The lowest BCUT2D eigenvalue weighted by Crippen LogP contribution is -2.32. The van der Waals surface area contributed by atoms with Crippen molar-refractivity contribution in [3.63, 3.8) is 0 Å². The fourth-order valence-electron chi connectivity index (χ4n) is 1.54. The van der Waals surface area contributed by atoms with Crippen LogP contribution in [0, 0.1) is 5.82 Å². The molecule has 1 aromatic carbocycles. The monoisotopic (exact) mass is 288 g/mol. The largest absolute Gasteiger partial charge is 0.313 e. The molecule has 4 nitrogen and oxygen atoms in total. The first kappa shape index (κ1) is 16.1. The second kappa shape index (κ2) is 6.98. The zero-order chi connectivity index (χ0) is 14.5. The van der Waals surface area contributed by atoms with Gasteiger partial charge in [-0.2, -0.15) is 0 Å². The van der Waals surface area contributed by atoms with Crippen molar-refractivity contribution in [1.82, 2.24) is 10.0 Å². The van der Waals surface area contributed by atoms with Gasteiger partial charge in [-0.15, -0.1) is 0 Å². The standard InChI is InChI=1S/C13H21FN2O2S/c1-4-10(3)16-19(17,18)13-8-11(9-15-5-2)6-7-12(13)14/h6-8,10,15-16H,4-5,9H2,1-3H3. The molecule has 0 heterocycles. The molecule has 1 aromatic rings. The normalized spacial score (nSPS) is 13.5. The molecule has 0 saturated heterocycles. The summed E-state index contributed by atoms with van der Waals surface area (Å²) in [7, 11) is -3.80. The van der Waals surface area contributed by atoms with Gasteiger partial charge in [0.2, 0.25) is 10.0 Å². The Morgan fingerprint density at radius 2 is 2.00 bits per heavy atom. The highest BCUT2D eigenvalue weighted by atomic mass is 32.2. The van der Waals surface area contributed by atoms with E-state index in [4.69, 9.17) is 0 Å². The maximum atomic E-state index is 13.7. The van der Waals surface area contributed by atoms with E-state index in [1.807, 2.05) is 13.8 Å². The summed E-state index contributed by atoms with van der Waals surface area (Å²) >= 11 is 0. The zero-order valence-corrected chi connectivity index (χ0v) is 12.3. The van der Waals surface area contributed by atoms with Gasteiger partial charge in [-0.3, -0.25) is 0 Å². The van der Waals surface area contributed by atoms with E-state index in [0.717, 1.165) is 12.1 Å². The van der Waals surface area contributed by atoms with Crippen molar-refractivity contribution < 1.29 is 12.8 Å². The Hall–Kier alpha value is -0.980. The molecule has 2 N–H and O–H groups in total. The minimum Gasteiger partial charge on any atom is -0.313 e. The van der Waals surface area contributed by atoms with Gasteiger partial charge in [0.25, 0.3) is 0 Å². The first-order chi connectivity index (χ1) is 8.90. The van der Waals surface area contributed by atoms with E-state index in [2.05, 4.69) is 10.0 Å². The van der Waals surface area contributed by atoms with Crippen LogP contribution < -0.4 is 10.0 Å². The third-order valence-electron chi connectivity index (χ3n) is 2.83. The van der Waals surface area contributed by atoms with E-state index in [0.29, 0.717) is 13.0 Å². The summed E-state index contributed by atoms with van der Waals surface area (Å²) in [6.45, 7) is 6.85. The first-order valence-corrected chi connectivity index (χ1v) is 7.90. The maximum absolute atomic E-state index is 13.7. The Labute approximate surface area is 114 Å². The fraction of sp³-hybridized carbons (Fsp3) is 0.538. The van der Waals surface area contributed by atoms with Crippen LogP contribution in [0.25, 0.3) is 0 Å². The summed E-state index contributed by atoms with van der Waals surface area (Å²) in [4.78, 5) is -0.289. The van der Waals surface area contributed by atoms with Gasteiger partial charge in [-0.25, -0.2) is 17.5 Å². The van der Waals surface area contributed by atoms with E-state index in [-0.39, 0.29) is 10.9 Å². The summed E-state index contributed by atoms with van der Waals surface area (Å²) in [6, 6.07) is 3.93. The second-order valence-corrected chi connectivity index (χ2v) is 6.16. The maximum Gasteiger partial charge on any atom is 0.243 e. The van der Waals surface area contributed by atoms with Crippen molar-refractivity contribution in [2.24, 2.45) is 0 Å². The van der Waals surface area contributed by atoms with Crippen LogP contribution in [0.1, 0.15) is 32.8 Å². The molecule has 0 fully saturated rings. The van der Waals surface area contributed by atoms with Crippen molar-refractivity contribution in [3.8, 4) is 0 Å². The molecule has 1 rings (SSSR count). The van der Waals surface area contributed by atoms with Crippen molar-refractivity contribution in [2.75, 3.05) is 6.54 Å². The Bertz CT molecular complexity index is 517. The number of nitrogens with one attached hydrogen (secondary N) is 2. The lowest BCUT2D eigenvalue weighted by Gasteiger charge is -2.13. The highest BCUT2D eigenvalue weighted by Crippen LogP contribution is 2.17. The minimum absolute atomic E-state index is 0.221. The van der Waals surface area contributed by atoms with Crippen LogP contribution in [-0.2, 0) is 16.6 Å². The molecule has 0 aliphatic rings. The summed E-state index contributed by atoms with van der Waals surface area (Å²) < 4.78 is 40.3. The second-order valence-electron chi connectivity index (χ2n) is 4.48. The molecular formula is C13H21FN2O2S. The Morgan fingerprint density at radius 3 is 2.58 bits per heavy atom. The van der Waals surface area contributed by atoms with Crippen LogP contribution in [0.15, 0.2) is 23.1 Å². The number of hydrogen-bond acceptors (Lipinski definition) is 3. The van der Waals surface area contributed by atoms with E-state index in [1.165, 1.54) is 12.1 Å². The van der Waals surface area contributed by atoms with E-state index in [9.17, 15) is 12.8 Å². The Kier molecular flexibility index (Phi) is 5.90. The quantitative estimate of drug-likeness (QED) is 0.807. The van der Waals surface area contributed by atoms with Gasteiger partial charge in [0.15, 0.2) is 0 Å². The van der Waals surface area contributed by atoms with Crippen LogP contribution in [0.5, 0.6) is 0 Å². The third kappa shape index (κ3) is 4.56. The van der Waals surface area contributed by atoms with E-state index >= 15 is 0 Å². The van der Waals surface area contributed by atoms with Gasteiger partial charge in [0.1, 0.15) is 10.7 Å². The summed E-state index contributed by atoms with van der Waals surface area (Å²) in [5, 5.41) is 3.08. The van der Waals surface area contributed by atoms with Gasteiger partial charge in [0, 0.05) is 12.6 Å². The zero-order valence-electron chi connectivity index (χ0n) is 11.5. The van der Waals surface area contributed by atoms with Crippen LogP contribution >= 0.6 is 0 Å². The average molecular weight is 288 g/mol. The van der Waals surface area contributed by atoms with Gasteiger partial charge in [-0.05, 0) is 37.6 Å². The Morgan fingerprint density at radius 1 is 1.32 bits per heavy atom. The lowest BCUT2D eigenvalue weighted by molar-refractivity contribution is 0.538. The van der Waals surface area contributed by atoms with Crippen LogP contribution in [0.2, 0.25) is 0 Å². The molecule has 1 unspecified atom stereocenters. The number of hydrogen-bond donors (Lipinski definition) is 2. The molecule has 0 amide bonds. The fourth-order valence-corrected chi connectivity index (χ4v) is 3.00. The molecule has 0 aliphatic carbocycles. The molecule has 108 valence electrons. The SMILES string of the molecule is CCNCc1ccc(F)c(S(=O)(=O)NC(C)CC)c1.